The molecule has 0 aliphatic rings. The first-order valence-corrected chi connectivity index (χ1v) is 47.6. The summed E-state index contributed by atoms with van der Waals surface area (Å²) in [5, 5.41) is 10.7. The van der Waals surface area contributed by atoms with Crippen LogP contribution < -0.4 is 0 Å². The lowest BCUT2D eigenvalue weighted by Crippen LogP contribution is -2.30. The maximum atomic E-state index is 13.1. The third-order valence-electron chi connectivity index (χ3n) is 20.3. The predicted molar refractivity (Wildman–Crippen MR) is 432 cm³/mol. The van der Waals surface area contributed by atoms with Crippen LogP contribution in [0.3, 0.4) is 0 Å². The van der Waals surface area contributed by atoms with E-state index in [1.54, 1.807) is 0 Å². The summed E-state index contributed by atoms with van der Waals surface area (Å²) < 4.78 is 68.9. The molecule has 0 aromatic carbocycles. The van der Waals surface area contributed by atoms with Crippen LogP contribution in [-0.2, 0) is 65.4 Å². The van der Waals surface area contributed by atoms with E-state index < -0.39 is 97.5 Å². The number of aliphatic hydroxyl groups excluding tert-OH is 1. The molecule has 0 saturated carbocycles. The molecule has 3 N–H and O–H groups in total. The van der Waals surface area contributed by atoms with Crippen molar-refractivity contribution in [3.63, 3.8) is 0 Å². The number of aliphatic hydroxyl groups is 1. The quantitative estimate of drug-likeness (QED) is 0.0222. The van der Waals surface area contributed by atoms with Crippen molar-refractivity contribution in [1.82, 2.24) is 0 Å². The van der Waals surface area contributed by atoms with E-state index in [9.17, 15) is 43.2 Å². The fraction of sp³-hybridized carbons (Fsp3) is 0.953. The Morgan fingerprint density at radius 3 is 0.648 bits per heavy atom. The second-order valence-corrected chi connectivity index (χ2v) is 34.3. The summed E-state index contributed by atoms with van der Waals surface area (Å²) in [6.45, 7) is 7.38. The fourth-order valence-electron chi connectivity index (χ4n) is 13.5. The van der Waals surface area contributed by atoms with Gasteiger partial charge in [-0.1, -0.05) is 413 Å². The zero-order chi connectivity index (χ0) is 76.9. The highest BCUT2D eigenvalue weighted by Crippen LogP contribution is 2.45. The highest BCUT2D eigenvalue weighted by molar-refractivity contribution is 7.47. The molecular weight excluding hydrogens is 1370 g/mol. The predicted octanol–water partition coefficient (Wildman–Crippen LogP) is 26.4. The van der Waals surface area contributed by atoms with E-state index in [4.69, 9.17) is 37.0 Å². The van der Waals surface area contributed by atoms with Crippen molar-refractivity contribution in [3.05, 3.63) is 0 Å². The standard InChI is InChI=1S/C86H168O17P2/c1-6-9-12-15-18-21-24-27-29-30-31-32-33-34-35-37-41-47-52-57-62-67-72-86(91)103-82(76-97-84(89)70-65-60-55-50-45-42-38-39-43-48-53-58-63-68-79(4)5)78-101-105(94,95)99-74-80(87)73-98-104(92,93)100-77-81(75-96-83(88)69-64-59-54-49-44-26-23-20-17-14-11-8-3)102-85(90)71-66-61-56-51-46-40-36-28-25-22-19-16-13-10-7-2/h79-82,87H,6-78H2,1-5H3,(H,92,93)(H,94,95)/t80-,81+,82+/m0/s1. The molecule has 5 atom stereocenters. The van der Waals surface area contributed by atoms with Crippen LogP contribution in [0.1, 0.15) is 465 Å². The molecule has 0 saturated heterocycles. The molecule has 0 rings (SSSR count). The number of hydrogen-bond acceptors (Lipinski definition) is 15. The SMILES string of the molecule is CCCCCCCCCCCCCCCCCCCCCCCCC(=O)O[C@H](COC(=O)CCCCCCCCCCCCCCCC(C)C)COP(=O)(O)OC[C@@H](O)COP(=O)(O)OC[C@@H](COC(=O)CCCCCCCCCCCCCC)OC(=O)CCCCCCCCCCCCCCCCC. The van der Waals surface area contributed by atoms with Crippen LogP contribution in [-0.4, -0.2) is 96.7 Å². The molecule has 105 heavy (non-hydrogen) atoms. The van der Waals surface area contributed by atoms with E-state index in [1.165, 1.54) is 289 Å². The lowest BCUT2D eigenvalue weighted by Gasteiger charge is -2.21. The number of phosphoric acid groups is 2. The first-order valence-electron chi connectivity index (χ1n) is 44.6. The average molecular weight is 1540 g/mol. The summed E-state index contributed by atoms with van der Waals surface area (Å²) in [5.74, 6) is -1.31. The molecule has 0 amide bonds. The molecule has 624 valence electrons. The van der Waals surface area contributed by atoms with Gasteiger partial charge in [0.15, 0.2) is 12.2 Å². The Morgan fingerprint density at radius 1 is 0.257 bits per heavy atom. The topological polar surface area (TPSA) is 237 Å². The van der Waals surface area contributed by atoms with Gasteiger partial charge in [0.05, 0.1) is 26.4 Å². The Labute approximate surface area is 645 Å². The Morgan fingerprint density at radius 2 is 0.438 bits per heavy atom. The molecule has 0 aromatic heterocycles. The van der Waals surface area contributed by atoms with Crippen LogP contribution >= 0.6 is 15.6 Å². The molecule has 0 aliphatic heterocycles. The Bertz CT molecular complexity index is 2000. The van der Waals surface area contributed by atoms with Crippen molar-refractivity contribution in [1.29, 1.82) is 0 Å². The maximum Gasteiger partial charge on any atom is 0.472 e. The van der Waals surface area contributed by atoms with Gasteiger partial charge in [0.1, 0.15) is 19.3 Å². The fourth-order valence-corrected chi connectivity index (χ4v) is 15.1. The zero-order valence-corrected chi connectivity index (χ0v) is 70.7. The lowest BCUT2D eigenvalue weighted by atomic mass is 10.0. The van der Waals surface area contributed by atoms with Gasteiger partial charge in [-0.05, 0) is 31.6 Å². The van der Waals surface area contributed by atoms with E-state index in [0.717, 1.165) is 95.8 Å². The third kappa shape index (κ3) is 79.9. The van der Waals surface area contributed by atoms with Crippen molar-refractivity contribution < 1.29 is 80.2 Å². The van der Waals surface area contributed by atoms with Crippen molar-refractivity contribution in [2.24, 2.45) is 5.92 Å². The van der Waals surface area contributed by atoms with Gasteiger partial charge in [-0.3, -0.25) is 37.3 Å². The number of rotatable bonds is 86. The Kier molecular flexibility index (Phi) is 77.3. The largest absolute Gasteiger partial charge is 0.472 e. The van der Waals surface area contributed by atoms with Crippen molar-refractivity contribution in [2.45, 2.75) is 483 Å². The minimum Gasteiger partial charge on any atom is -0.462 e. The van der Waals surface area contributed by atoms with Gasteiger partial charge >= 0.3 is 39.5 Å². The van der Waals surface area contributed by atoms with Gasteiger partial charge in [0.25, 0.3) is 0 Å². The van der Waals surface area contributed by atoms with Gasteiger partial charge in [-0.2, -0.15) is 0 Å². The summed E-state index contributed by atoms with van der Waals surface area (Å²) >= 11 is 0. The number of carbonyl (C=O) groups is 4. The van der Waals surface area contributed by atoms with Gasteiger partial charge in [-0.25, -0.2) is 9.13 Å². The molecule has 0 radical (unpaired) electrons. The van der Waals surface area contributed by atoms with Crippen LogP contribution in [0.5, 0.6) is 0 Å². The Balaban J connectivity index is 5.23. The maximum absolute atomic E-state index is 13.1. The number of hydrogen-bond donors (Lipinski definition) is 3. The minimum atomic E-state index is -4.97. The first kappa shape index (κ1) is 103. The summed E-state index contributed by atoms with van der Waals surface area (Å²) in [7, 11) is -9.93. The summed E-state index contributed by atoms with van der Waals surface area (Å²) in [6.07, 6.45) is 72.1. The van der Waals surface area contributed by atoms with Crippen molar-refractivity contribution in [3.8, 4) is 0 Å². The molecule has 19 heteroatoms. The van der Waals surface area contributed by atoms with Gasteiger partial charge in [0.2, 0.25) is 0 Å². The number of esters is 4. The van der Waals surface area contributed by atoms with Crippen LogP contribution in [0, 0.1) is 5.92 Å². The van der Waals surface area contributed by atoms with E-state index in [-0.39, 0.29) is 25.7 Å². The molecule has 0 fully saturated rings. The van der Waals surface area contributed by atoms with E-state index in [1.807, 2.05) is 0 Å². The molecule has 2 unspecified atom stereocenters. The van der Waals surface area contributed by atoms with Crippen LogP contribution in [0.4, 0.5) is 0 Å². The summed E-state index contributed by atoms with van der Waals surface area (Å²) in [4.78, 5) is 73.2. The number of carbonyl (C=O) groups excluding carboxylic acids is 4. The zero-order valence-electron chi connectivity index (χ0n) is 68.9. The molecule has 0 aromatic rings. The van der Waals surface area contributed by atoms with E-state index in [0.29, 0.717) is 25.7 Å². The molecule has 0 heterocycles. The van der Waals surface area contributed by atoms with Crippen molar-refractivity contribution >= 4 is 39.5 Å². The van der Waals surface area contributed by atoms with Gasteiger partial charge in [-0.15, -0.1) is 0 Å². The molecule has 17 nitrogen and oxygen atoms in total. The van der Waals surface area contributed by atoms with E-state index >= 15 is 0 Å². The van der Waals surface area contributed by atoms with Crippen LogP contribution in [0.2, 0.25) is 0 Å². The van der Waals surface area contributed by atoms with Gasteiger partial charge in [0, 0.05) is 25.7 Å². The third-order valence-corrected chi connectivity index (χ3v) is 22.2. The normalized spacial score (nSPS) is 13.8. The molecule has 0 aliphatic carbocycles. The van der Waals surface area contributed by atoms with Crippen molar-refractivity contribution in [2.75, 3.05) is 39.6 Å². The van der Waals surface area contributed by atoms with Crippen LogP contribution in [0.25, 0.3) is 0 Å². The first-order chi connectivity index (χ1) is 51.0. The molecule has 0 bridgehead atoms. The second kappa shape index (κ2) is 78.7. The molecule has 0 spiro atoms. The second-order valence-electron chi connectivity index (χ2n) is 31.4. The van der Waals surface area contributed by atoms with Crippen LogP contribution in [0.15, 0.2) is 0 Å². The summed E-state index contributed by atoms with van der Waals surface area (Å²) in [6, 6.07) is 0. The average Bonchev–Trinajstić information content (AvgIpc) is 0.910. The van der Waals surface area contributed by atoms with Gasteiger partial charge < -0.3 is 33.8 Å². The monoisotopic (exact) mass is 1540 g/mol. The Hall–Kier alpha value is -1.94. The lowest BCUT2D eigenvalue weighted by molar-refractivity contribution is -0.161. The molecular formula is C86H168O17P2. The highest BCUT2D eigenvalue weighted by atomic mass is 31.2. The highest BCUT2D eigenvalue weighted by Gasteiger charge is 2.30. The minimum absolute atomic E-state index is 0.109. The summed E-state index contributed by atoms with van der Waals surface area (Å²) in [5.41, 5.74) is 0. The number of ether oxygens (including phenoxy) is 4. The number of unbranched alkanes of at least 4 members (excludes halogenated alkanes) is 58. The number of phosphoric ester groups is 2. The smallest absolute Gasteiger partial charge is 0.462 e. The van der Waals surface area contributed by atoms with E-state index in [2.05, 4.69) is 34.6 Å².